The molecule has 0 fully saturated rings. The zero-order valence-corrected chi connectivity index (χ0v) is 18.3. The summed E-state index contributed by atoms with van der Waals surface area (Å²) in [4.78, 5) is 31.2. The Hall–Kier alpha value is -2.14. The zero-order valence-electron chi connectivity index (χ0n) is 17.4. The highest BCUT2D eigenvalue weighted by atomic mass is 32.1. The molecule has 0 radical (unpaired) electrons. The van der Waals surface area contributed by atoms with Gasteiger partial charge in [-0.2, -0.15) is 0 Å². The number of amides is 2. The maximum absolute atomic E-state index is 13.4. The zero-order chi connectivity index (χ0) is 20.5. The van der Waals surface area contributed by atoms with Crippen molar-refractivity contribution >= 4 is 23.2 Å². The van der Waals surface area contributed by atoms with Gasteiger partial charge in [0, 0.05) is 22.9 Å². The number of thiophene rings is 1. The van der Waals surface area contributed by atoms with Gasteiger partial charge in [-0.1, -0.05) is 44.2 Å². The van der Waals surface area contributed by atoms with E-state index in [9.17, 15) is 9.59 Å². The van der Waals surface area contributed by atoms with Gasteiger partial charge in [0.1, 0.15) is 6.54 Å². The average molecular weight is 399 g/mol. The summed E-state index contributed by atoms with van der Waals surface area (Å²) >= 11 is 1.76. The molecule has 2 amide bonds. The van der Waals surface area contributed by atoms with E-state index in [4.69, 9.17) is 0 Å². The third-order valence-corrected chi connectivity index (χ3v) is 6.26. The van der Waals surface area contributed by atoms with Crippen LogP contribution in [0.15, 0.2) is 41.8 Å². The Bertz CT molecular complexity index is 836. The summed E-state index contributed by atoms with van der Waals surface area (Å²) in [6, 6.07) is 12.2. The molecule has 0 bridgehead atoms. The molecule has 1 atom stereocenters. The molecule has 2 aromatic rings. The SMILES string of the molecule is CC(C)C(=O)N(CC(=O)N1CCc2sccc2[C@@H]1c1ccccc1)C(C)(C)C. The van der Waals surface area contributed by atoms with E-state index in [-0.39, 0.29) is 30.3 Å². The molecule has 1 aliphatic rings. The largest absolute Gasteiger partial charge is 0.330 e. The highest BCUT2D eigenvalue weighted by molar-refractivity contribution is 7.10. The van der Waals surface area contributed by atoms with Gasteiger partial charge in [0.25, 0.3) is 0 Å². The second-order valence-corrected chi connectivity index (χ2v) is 9.70. The van der Waals surface area contributed by atoms with Crippen LogP contribution in [0.3, 0.4) is 0 Å². The lowest BCUT2D eigenvalue weighted by Crippen LogP contribution is -2.53. The van der Waals surface area contributed by atoms with Gasteiger partial charge in [-0.25, -0.2) is 0 Å². The highest BCUT2D eigenvalue weighted by Gasteiger charge is 2.36. The lowest BCUT2D eigenvalue weighted by molar-refractivity contribution is -0.147. The lowest BCUT2D eigenvalue weighted by Gasteiger charge is -2.41. The van der Waals surface area contributed by atoms with E-state index in [1.165, 1.54) is 10.4 Å². The molecule has 1 aromatic heterocycles. The van der Waals surface area contributed by atoms with Crippen LogP contribution in [-0.2, 0) is 16.0 Å². The van der Waals surface area contributed by atoms with Gasteiger partial charge in [0.05, 0.1) is 6.04 Å². The molecule has 0 saturated carbocycles. The van der Waals surface area contributed by atoms with Crippen LogP contribution in [-0.4, -0.2) is 40.2 Å². The van der Waals surface area contributed by atoms with Crippen molar-refractivity contribution in [3.8, 4) is 0 Å². The molecular weight excluding hydrogens is 368 g/mol. The van der Waals surface area contributed by atoms with E-state index < -0.39 is 5.54 Å². The summed E-state index contributed by atoms with van der Waals surface area (Å²) in [6.45, 7) is 10.5. The predicted molar refractivity (Wildman–Crippen MR) is 114 cm³/mol. The van der Waals surface area contributed by atoms with Crippen molar-refractivity contribution in [3.63, 3.8) is 0 Å². The minimum absolute atomic E-state index is 0.00891. The van der Waals surface area contributed by atoms with Crippen molar-refractivity contribution in [2.75, 3.05) is 13.1 Å². The molecule has 5 heteroatoms. The minimum atomic E-state index is -0.400. The molecule has 0 aliphatic carbocycles. The molecule has 1 aliphatic heterocycles. The molecule has 0 unspecified atom stereocenters. The molecule has 28 heavy (non-hydrogen) atoms. The average Bonchev–Trinajstić information content (AvgIpc) is 3.13. The van der Waals surface area contributed by atoms with E-state index >= 15 is 0 Å². The first-order chi connectivity index (χ1) is 13.2. The first-order valence-electron chi connectivity index (χ1n) is 9.92. The van der Waals surface area contributed by atoms with Crippen molar-refractivity contribution < 1.29 is 9.59 Å². The van der Waals surface area contributed by atoms with Crippen molar-refractivity contribution in [1.29, 1.82) is 0 Å². The number of hydrogen-bond donors (Lipinski definition) is 0. The third kappa shape index (κ3) is 4.14. The molecule has 150 valence electrons. The molecule has 0 spiro atoms. The Morgan fingerprint density at radius 3 is 2.46 bits per heavy atom. The van der Waals surface area contributed by atoms with E-state index in [0.29, 0.717) is 6.54 Å². The number of hydrogen-bond acceptors (Lipinski definition) is 3. The smallest absolute Gasteiger partial charge is 0.243 e. The maximum Gasteiger partial charge on any atom is 0.243 e. The van der Waals surface area contributed by atoms with Gasteiger partial charge in [0.15, 0.2) is 0 Å². The van der Waals surface area contributed by atoms with Crippen molar-refractivity contribution in [1.82, 2.24) is 9.80 Å². The quantitative estimate of drug-likeness (QED) is 0.760. The van der Waals surface area contributed by atoms with Gasteiger partial charge < -0.3 is 9.80 Å². The number of fused-ring (bicyclic) bond motifs is 1. The summed E-state index contributed by atoms with van der Waals surface area (Å²) in [5, 5.41) is 2.11. The molecule has 0 N–H and O–H groups in total. The van der Waals surface area contributed by atoms with Gasteiger partial charge in [-0.3, -0.25) is 9.59 Å². The van der Waals surface area contributed by atoms with Crippen LogP contribution < -0.4 is 0 Å². The van der Waals surface area contributed by atoms with Crippen LogP contribution in [0.5, 0.6) is 0 Å². The summed E-state index contributed by atoms with van der Waals surface area (Å²) in [7, 11) is 0. The van der Waals surface area contributed by atoms with Gasteiger partial charge >= 0.3 is 0 Å². The van der Waals surface area contributed by atoms with Gasteiger partial charge in [-0.05, 0) is 49.8 Å². The summed E-state index contributed by atoms with van der Waals surface area (Å²) < 4.78 is 0. The maximum atomic E-state index is 13.4. The summed E-state index contributed by atoms with van der Waals surface area (Å²) in [6.07, 6.45) is 0.871. The van der Waals surface area contributed by atoms with Gasteiger partial charge in [-0.15, -0.1) is 11.3 Å². The Labute approximate surface area is 172 Å². The minimum Gasteiger partial charge on any atom is -0.330 e. The Kier molecular flexibility index (Phi) is 5.94. The monoisotopic (exact) mass is 398 g/mol. The molecule has 1 aromatic carbocycles. The molecule has 4 nitrogen and oxygen atoms in total. The number of benzene rings is 1. The first-order valence-corrected chi connectivity index (χ1v) is 10.8. The van der Waals surface area contributed by atoms with Crippen LogP contribution in [0.1, 0.15) is 56.7 Å². The fraction of sp³-hybridized carbons (Fsp3) is 0.478. The first kappa shape index (κ1) is 20.6. The molecule has 3 rings (SSSR count). The van der Waals surface area contributed by atoms with Crippen molar-refractivity contribution in [2.24, 2.45) is 5.92 Å². The van der Waals surface area contributed by atoms with E-state index in [1.807, 2.05) is 57.7 Å². The van der Waals surface area contributed by atoms with Crippen LogP contribution in [0.25, 0.3) is 0 Å². The van der Waals surface area contributed by atoms with Crippen molar-refractivity contribution in [3.05, 3.63) is 57.8 Å². The summed E-state index contributed by atoms with van der Waals surface area (Å²) in [5.74, 6) is -0.109. The van der Waals surface area contributed by atoms with Crippen LogP contribution >= 0.6 is 11.3 Å². The van der Waals surface area contributed by atoms with Crippen LogP contribution in [0.4, 0.5) is 0 Å². The standard InChI is InChI=1S/C23H30N2O2S/c1-16(2)22(27)25(23(3,4)5)15-20(26)24-13-11-19-18(12-14-28-19)21(24)17-9-7-6-8-10-17/h6-10,12,14,16,21H,11,13,15H2,1-5H3/t21-/m0/s1. The Morgan fingerprint density at radius 2 is 1.86 bits per heavy atom. The lowest BCUT2D eigenvalue weighted by atomic mass is 9.93. The second kappa shape index (κ2) is 8.08. The Balaban J connectivity index is 1.92. The van der Waals surface area contributed by atoms with E-state index in [0.717, 1.165) is 12.0 Å². The number of carbonyl (C=O) groups excluding carboxylic acids is 2. The molecular formula is C23H30N2O2S. The molecule has 0 saturated heterocycles. The van der Waals surface area contributed by atoms with E-state index in [1.54, 1.807) is 16.2 Å². The number of carbonyl (C=O) groups is 2. The van der Waals surface area contributed by atoms with E-state index in [2.05, 4.69) is 23.6 Å². The van der Waals surface area contributed by atoms with Gasteiger partial charge in [0.2, 0.25) is 11.8 Å². The summed E-state index contributed by atoms with van der Waals surface area (Å²) in [5.41, 5.74) is 1.93. The van der Waals surface area contributed by atoms with Crippen LogP contribution in [0.2, 0.25) is 0 Å². The fourth-order valence-electron chi connectivity index (χ4n) is 3.76. The highest BCUT2D eigenvalue weighted by Crippen LogP contribution is 2.38. The van der Waals surface area contributed by atoms with Crippen molar-refractivity contribution in [2.45, 2.75) is 52.6 Å². The third-order valence-electron chi connectivity index (χ3n) is 5.26. The molecule has 2 heterocycles. The predicted octanol–water partition coefficient (Wildman–Crippen LogP) is 4.51. The van der Waals surface area contributed by atoms with Crippen LogP contribution in [0, 0.1) is 5.92 Å². The second-order valence-electron chi connectivity index (χ2n) is 8.70. The number of rotatable bonds is 4. The Morgan fingerprint density at radius 1 is 1.18 bits per heavy atom. The topological polar surface area (TPSA) is 40.6 Å². The normalized spacial score (nSPS) is 16.8. The fourth-order valence-corrected chi connectivity index (χ4v) is 4.67. The number of nitrogens with zero attached hydrogens (tertiary/aromatic N) is 2.